The van der Waals surface area contributed by atoms with Crippen molar-refractivity contribution >= 4 is 27.7 Å². The standard InChI is InChI=1S/C38H39N3O17S/c1-48-26-17-24(37(43)50-3)29(33-31(26)53-20-55-33)30-25(18-27(49-2)32-34(30)56-21-54-32)38(44)57-22-11-13-40(14-12-22)19-28(42)51-15-7-8-16-52-35-36(41(45)58-39-35)59(46,47)23-9-5-4-6-10-23/h4-6,9-10,17-18,22H,7-8,11-16,19-21H2,1-3H3. The summed E-state index contributed by atoms with van der Waals surface area (Å²) in [6.45, 7) is 0.533. The van der Waals surface area contributed by atoms with E-state index in [0.29, 0.717) is 38.8 Å². The number of fused-ring (bicyclic) bond motifs is 2. The Morgan fingerprint density at radius 1 is 0.831 bits per heavy atom. The molecule has 59 heavy (non-hydrogen) atoms. The van der Waals surface area contributed by atoms with Gasteiger partial charge >= 0.3 is 28.8 Å². The molecule has 0 atom stereocenters. The molecule has 20 nitrogen and oxygen atoms in total. The predicted octanol–water partition coefficient (Wildman–Crippen LogP) is 3.09. The number of rotatable bonds is 16. The highest BCUT2D eigenvalue weighted by Gasteiger charge is 2.39. The van der Waals surface area contributed by atoms with Crippen molar-refractivity contribution < 1.29 is 79.7 Å². The molecule has 1 saturated heterocycles. The number of aromatic nitrogens is 2. The minimum atomic E-state index is -4.25. The third kappa shape index (κ3) is 8.28. The summed E-state index contributed by atoms with van der Waals surface area (Å²) in [6, 6.07) is 10.2. The van der Waals surface area contributed by atoms with Gasteiger partial charge in [-0.05, 0) is 54.9 Å². The van der Waals surface area contributed by atoms with Gasteiger partial charge in [-0.2, -0.15) is 0 Å². The molecule has 1 fully saturated rings. The molecule has 21 heteroatoms. The molecule has 3 aromatic carbocycles. The van der Waals surface area contributed by atoms with Gasteiger partial charge < -0.3 is 52.6 Å². The molecule has 3 aliphatic rings. The molecule has 0 amide bonds. The number of nitrogens with zero attached hydrogens (tertiary/aromatic N) is 3. The van der Waals surface area contributed by atoms with E-state index < -0.39 is 44.8 Å². The summed E-state index contributed by atoms with van der Waals surface area (Å²) in [5, 5.41) is 14.7. The average Bonchev–Trinajstić information content (AvgIpc) is 4.03. The predicted molar refractivity (Wildman–Crippen MR) is 196 cm³/mol. The van der Waals surface area contributed by atoms with Gasteiger partial charge in [-0.1, -0.05) is 18.2 Å². The van der Waals surface area contributed by atoms with E-state index in [1.54, 1.807) is 6.07 Å². The molecule has 7 rings (SSSR count). The van der Waals surface area contributed by atoms with Crippen molar-refractivity contribution in [2.75, 3.05) is 67.8 Å². The molecule has 4 aromatic rings. The van der Waals surface area contributed by atoms with Crippen LogP contribution in [0.1, 0.15) is 46.4 Å². The van der Waals surface area contributed by atoms with E-state index in [4.69, 9.17) is 47.4 Å². The normalized spacial score (nSPS) is 14.8. The first kappa shape index (κ1) is 40.7. The molecule has 314 valence electrons. The van der Waals surface area contributed by atoms with Crippen LogP contribution in [0.5, 0.6) is 40.4 Å². The third-order valence-corrected chi connectivity index (χ3v) is 11.3. The van der Waals surface area contributed by atoms with Gasteiger partial charge in [0.2, 0.25) is 25.1 Å². The van der Waals surface area contributed by atoms with Gasteiger partial charge in [0.05, 0.1) is 62.3 Å². The molecule has 3 aliphatic heterocycles. The second-order valence-corrected chi connectivity index (χ2v) is 15.0. The van der Waals surface area contributed by atoms with Crippen LogP contribution in [-0.4, -0.2) is 110 Å². The fourth-order valence-corrected chi connectivity index (χ4v) is 8.03. The lowest BCUT2D eigenvalue weighted by Crippen LogP contribution is -2.41. The van der Waals surface area contributed by atoms with Gasteiger partial charge in [0.15, 0.2) is 23.0 Å². The highest BCUT2D eigenvalue weighted by Crippen LogP contribution is 2.57. The summed E-state index contributed by atoms with van der Waals surface area (Å²) in [5.41, 5.74) is 0.310. The minimum Gasteiger partial charge on any atom is -0.493 e. The highest BCUT2D eigenvalue weighted by molar-refractivity contribution is 7.91. The van der Waals surface area contributed by atoms with Crippen LogP contribution < -0.4 is 38.1 Å². The maximum atomic E-state index is 14.1. The first-order valence-electron chi connectivity index (χ1n) is 18.3. The zero-order valence-corrected chi connectivity index (χ0v) is 32.9. The number of ether oxygens (including phenoxy) is 10. The first-order valence-corrected chi connectivity index (χ1v) is 19.7. The van der Waals surface area contributed by atoms with Crippen LogP contribution in [-0.2, 0) is 28.8 Å². The molecule has 0 radical (unpaired) electrons. The van der Waals surface area contributed by atoms with Gasteiger partial charge in [0.1, 0.15) is 6.10 Å². The number of unbranched alkanes of at least 4 members (excludes halogenated alkanes) is 1. The van der Waals surface area contributed by atoms with Crippen molar-refractivity contribution in [3.63, 3.8) is 0 Å². The van der Waals surface area contributed by atoms with Crippen LogP contribution in [0.3, 0.4) is 0 Å². The zero-order valence-electron chi connectivity index (χ0n) is 32.1. The Morgan fingerprint density at radius 2 is 1.41 bits per heavy atom. The Labute approximate surface area is 336 Å². The molecular formula is C38H39N3O17S. The fourth-order valence-electron chi connectivity index (χ4n) is 6.74. The summed E-state index contributed by atoms with van der Waals surface area (Å²) in [5.74, 6) is -1.31. The van der Waals surface area contributed by atoms with Crippen molar-refractivity contribution in [2.45, 2.75) is 41.7 Å². The molecule has 0 bridgehead atoms. The second-order valence-electron chi connectivity index (χ2n) is 13.1. The topological polar surface area (TPSA) is 234 Å². The number of methoxy groups -OCH3 is 3. The molecule has 0 spiro atoms. The second kappa shape index (κ2) is 17.6. The Balaban J connectivity index is 0.934. The largest absolute Gasteiger partial charge is 0.493 e. The maximum absolute atomic E-state index is 14.1. The summed E-state index contributed by atoms with van der Waals surface area (Å²) < 4.78 is 86.2. The Kier molecular flexibility index (Phi) is 12.1. The quantitative estimate of drug-likeness (QED) is 0.0682. The Morgan fingerprint density at radius 3 is 2.00 bits per heavy atom. The third-order valence-electron chi connectivity index (χ3n) is 9.59. The first-order chi connectivity index (χ1) is 28.5. The van der Waals surface area contributed by atoms with Crippen LogP contribution in [0.25, 0.3) is 11.1 Å². The van der Waals surface area contributed by atoms with Crippen molar-refractivity contribution in [3.05, 3.63) is 58.8 Å². The zero-order chi connectivity index (χ0) is 41.7. The lowest BCUT2D eigenvalue weighted by molar-refractivity contribution is -0.832. The van der Waals surface area contributed by atoms with Gasteiger partial charge in [-0.25, -0.2) is 18.0 Å². The minimum absolute atomic E-state index is 0.00302. The Hall–Kier alpha value is -6.48. The number of piperidine rings is 1. The van der Waals surface area contributed by atoms with E-state index in [-0.39, 0.29) is 99.9 Å². The number of hydrogen-bond donors (Lipinski definition) is 0. The molecule has 0 N–H and O–H groups in total. The SMILES string of the molecule is COC(=O)c1cc(OC)c2c(c1-c1c(C(=O)OC3CCN(CC(=O)OCCCCOc4no[n+]([O-])c4S(=O)(=O)c4ccccc4)CC3)cc(OC)c3c1OCO3)OCO2. The van der Waals surface area contributed by atoms with Crippen LogP contribution in [0, 0.1) is 5.21 Å². The number of likely N-dealkylation sites (tertiary alicyclic amines) is 1. The monoisotopic (exact) mass is 841 g/mol. The number of hydrogen-bond acceptors (Lipinski definition) is 19. The van der Waals surface area contributed by atoms with Crippen LogP contribution in [0.2, 0.25) is 0 Å². The summed E-state index contributed by atoms with van der Waals surface area (Å²) in [4.78, 5) is 41.4. The summed E-state index contributed by atoms with van der Waals surface area (Å²) in [6.07, 6.45) is 1.02. The number of carbonyl (C=O) groups is 3. The van der Waals surface area contributed by atoms with Gasteiger partial charge in [0, 0.05) is 24.2 Å². The lowest BCUT2D eigenvalue weighted by Gasteiger charge is -2.31. The Bertz CT molecular complexity index is 2320. The van der Waals surface area contributed by atoms with E-state index in [9.17, 15) is 28.0 Å². The smallest absolute Gasteiger partial charge is 0.414 e. The van der Waals surface area contributed by atoms with Crippen molar-refractivity contribution in [1.29, 1.82) is 0 Å². The number of sulfone groups is 1. The maximum Gasteiger partial charge on any atom is 0.414 e. The fraction of sp³-hybridized carbons (Fsp3) is 0.395. The molecule has 0 saturated carbocycles. The highest BCUT2D eigenvalue weighted by atomic mass is 32.2. The lowest BCUT2D eigenvalue weighted by atomic mass is 9.91. The van der Waals surface area contributed by atoms with E-state index in [0.717, 1.165) is 0 Å². The van der Waals surface area contributed by atoms with E-state index in [1.807, 2.05) is 4.90 Å². The van der Waals surface area contributed by atoms with Crippen molar-refractivity contribution in [3.8, 4) is 51.5 Å². The van der Waals surface area contributed by atoms with E-state index >= 15 is 0 Å². The van der Waals surface area contributed by atoms with Crippen molar-refractivity contribution in [2.24, 2.45) is 0 Å². The summed E-state index contributed by atoms with van der Waals surface area (Å²) in [7, 11) is -0.211. The van der Waals surface area contributed by atoms with Crippen LogP contribution >= 0.6 is 0 Å². The molecule has 0 unspecified atom stereocenters. The van der Waals surface area contributed by atoms with Gasteiger partial charge in [0.25, 0.3) is 9.84 Å². The molecule has 4 heterocycles. The molecular weight excluding hydrogens is 802 g/mol. The van der Waals surface area contributed by atoms with Gasteiger partial charge in [-0.15, -0.1) is 0 Å². The van der Waals surface area contributed by atoms with E-state index in [2.05, 4.69) is 9.79 Å². The van der Waals surface area contributed by atoms with E-state index in [1.165, 1.54) is 57.7 Å². The number of carbonyl (C=O) groups excluding carboxylic acids is 3. The molecule has 0 aliphatic carbocycles. The van der Waals surface area contributed by atoms with Gasteiger partial charge in [-0.3, -0.25) is 14.3 Å². The van der Waals surface area contributed by atoms with Crippen molar-refractivity contribution in [1.82, 2.24) is 10.1 Å². The van der Waals surface area contributed by atoms with Crippen LogP contribution in [0.4, 0.5) is 0 Å². The number of benzene rings is 3. The summed E-state index contributed by atoms with van der Waals surface area (Å²) >= 11 is 0. The average molecular weight is 842 g/mol. The number of esters is 3. The molecule has 1 aromatic heterocycles. The van der Waals surface area contributed by atoms with Crippen LogP contribution in [0.15, 0.2) is 57.0 Å².